The fraction of sp³-hybridized carbons (Fsp3) is 0.273. The molecule has 1 saturated heterocycles. The van der Waals surface area contributed by atoms with Crippen LogP contribution in [0.15, 0.2) is 42.2 Å². The van der Waals surface area contributed by atoms with Crippen LogP contribution in [0.3, 0.4) is 0 Å². The first-order valence-electron chi connectivity index (χ1n) is 9.63. The van der Waals surface area contributed by atoms with Crippen molar-refractivity contribution in [1.29, 1.82) is 0 Å². The third-order valence-corrected chi connectivity index (χ3v) is 5.29. The monoisotopic (exact) mass is 394 g/mol. The van der Waals surface area contributed by atoms with Crippen molar-refractivity contribution in [3.05, 3.63) is 70.5 Å². The van der Waals surface area contributed by atoms with E-state index in [0.717, 1.165) is 12.8 Å². The fourth-order valence-electron chi connectivity index (χ4n) is 3.74. The number of nitrogens with zero attached hydrogens (tertiary/aromatic N) is 2. The number of rotatable bonds is 6. The first-order valence-corrected chi connectivity index (χ1v) is 9.63. The van der Waals surface area contributed by atoms with Gasteiger partial charge >= 0.3 is 0 Å². The zero-order valence-corrected chi connectivity index (χ0v) is 16.1. The SMILES string of the molecule is C=Cc1nc(-n2[nH]c(-c3cccc(F)c3)c(CC3CCOCC3)c2=O)[nH]c1C=C. The van der Waals surface area contributed by atoms with Crippen molar-refractivity contribution in [3.63, 3.8) is 0 Å². The Hall–Kier alpha value is -3.19. The fourth-order valence-corrected chi connectivity index (χ4v) is 3.74. The third-order valence-electron chi connectivity index (χ3n) is 5.29. The predicted molar refractivity (Wildman–Crippen MR) is 111 cm³/mol. The molecule has 0 amide bonds. The van der Waals surface area contributed by atoms with Crippen LogP contribution in [0, 0.1) is 11.7 Å². The molecule has 3 heterocycles. The average molecular weight is 394 g/mol. The highest BCUT2D eigenvalue weighted by Gasteiger charge is 2.23. The zero-order valence-electron chi connectivity index (χ0n) is 16.1. The summed E-state index contributed by atoms with van der Waals surface area (Å²) in [5.41, 5.74) is 2.94. The van der Waals surface area contributed by atoms with Crippen LogP contribution in [-0.2, 0) is 11.2 Å². The summed E-state index contributed by atoms with van der Waals surface area (Å²) in [6.07, 6.45) is 5.62. The molecule has 150 valence electrons. The normalized spacial score (nSPS) is 14.8. The standard InChI is InChI=1S/C22H23FN4O2/c1-3-18-19(4-2)25-22(24-18)27-21(28)17(12-14-8-10-29-11-9-14)20(26-27)15-6-5-7-16(23)13-15/h3-7,13-14,26H,1-2,8-12H2,(H,24,25). The minimum atomic E-state index is -0.353. The van der Waals surface area contributed by atoms with Crippen molar-refractivity contribution in [2.45, 2.75) is 19.3 Å². The molecule has 2 N–H and O–H groups in total. The van der Waals surface area contributed by atoms with E-state index in [1.54, 1.807) is 24.3 Å². The van der Waals surface area contributed by atoms with E-state index in [0.29, 0.717) is 59.7 Å². The molecule has 7 heteroatoms. The molecule has 6 nitrogen and oxygen atoms in total. The molecule has 1 fully saturated rings. The van der Waals surface area contributed by atoms with E-state index in [4.69, 9.17) is 4.74 Å². The Bertz CT molecular complexity index is 1080. The first kappa shape index (κ1) is 19.1. The molecule has 0 spiro atoms. The highest BCUT2D eigenvalue weighted by atomic mass is 19.1. The van der Waals surface area contributed by atoms with Gasteiger partial charge in [-0.25, -0.2) is 9.37 Å². The van der Waals surface area contributed by atoms with E-state index in [-0.39, 0.29) is 11.4 Å². The molecular weight excluding hydrogens is 371 g/mol. The van der Waals surface area contributed by atoms with Gasteiger partial charge in [-0.3, -0.25) is 9.89 Å². The smallest absolute Gasteiger partial charge is 0.277 e. The summed E-state index contributed by atoms with van der Waals surface area (Å²) in [6.45, 7) is 8.89. The van der Waals surface area contributed by atoms with Crippen molar-refractivity contribution < 1.29 is 9.13 Å². The van der Waals surface area contributed by atoms with Gasteiger partial charge in [-0.15, -0.1) is 0 Å². The highest BCUT2D eigenvalue weighted by molar-refractivity contribution is 5.64. The summed E-state index contributed by atoms with van der Waals surface area (Å²) in [6, 6.07) is 6.24. The van der Waals surface area contributed by atoms with Gasteiger partial charge in [0.05, 0.1) is 17.1 Å². The Balaban J connectivity index is 1.83. The minimum absolute atomic E-state index is 0.198. The van der Waals surface area contributed by atoms with E-state index >= 15 is 0 Å². The number of imidazole rings is 1. The largest absolute Gasteiger partial charge is 0.381 e. The van der Waals surface area contributed by atoms with Gasteiger partial charge in [0.2, 0.25) is 5.95 Å². The van der Waals surface area contributed by atoms with Crippen LogP contribution in [-0.4, -0.2) is 33.0 Å². The van der Waals surface area contributed by atoms with E-state index in [1.807, 2.05) is 0 Å². The van der Waals surface area contributed by atoms with Crippen LogP contribution in [0.1, 0.15) is 29.8 Å². The molecule has 0 unspecified atom stereocenters. The minimum Gasteiger partial charge on any atom is -0.381 e. The van der Waals surface area contributed by atoms with Gasteiger partial charge in [-0.1, -0.05) is 25.3 Å². The van der Waals surface area contributed by atoms with Gasteiger partial charge in [0, 0.05) is 24.3 Å². The molecule has 1 aromatic carbocycles. The summed E-state index contributed by atoms with van der Waals surface area (Å²) >= 11 is 0. The number of hydrogen-bond donors (Lipinski definition) is 2. The zero-order chi connectivity index (χ0) is 20.4. The molecule has 1 aliphatic heterocycles. The molecule has 2 aromatic heterocycles. The molecule has 0 bridgehead atoms. The van der Waals surface area contributed by atoms with E-state index in [9.17, 15) is 9.18 Å². The van der Waals surface area contributed by atoms with E-state index in [1.165, 1.54) is 16.8 Å². The lowest BCUT2D eigenvalue weighted by Crippen LogP contribution is -2.23. The molecule has 0 saturated carbocycles. The lowest BCUT2D eigenvalue weighted by Gasteiger charge is -2.21. The highest BCUT2D eigenvalue weighted by Crippen LogP contribution is 2.26. The molecule has 0 aliphatic carbocycles. The number of aromatic nitrogens is 4. The van der Waals surface area contributed by atoms with Crippen molar-refractivity contribution in [2.75, 3.05) is 13.2 Å². The molecule has 29 heavy (non-hydrogen) atoms. The van der Waals surface area contributed by atoms with Crippen molar-refractivity contribution in [3.8, 4) is 17.2 Å². The lowest BCUT2D eigenvalue weighted by molar-refractivity contribution is 0.0665. The maximum atomic E-state index is 13.9. The van der Waals surface area contributed by atoms with Crippen LogP contribution in [0.2, 0.25) is 0 Å². The second kappa shape index (κ2) is 8.05. The summed E-state index contributed by atoms with van der Waals surface area (Å²) in [4.78, 5) is 20.8. The van der Waals surface area contributed by atoms with Crippen LogP contribution >= 0.6 is 0 Å². The molecule has 4 rings (SSSR count). The number of halogens is 1. The van der Waals surface area contributed by atoms with E-state index in [2.05, 4.69) is 28.2 Å². The predicted octanol–water partition coefficient (Wildman–Crippen LogP) is 3.95. The summed E-state index contributed by atoms with van der Waals surface area (Å²) < 4.78 is 20.7. The summed E-state index contributed by atoms with van der Waals surface area (Å²) in [5.74, 6) is 0.335. The second-order valence-electron chi connectivity index (χ2n) is 7.14. The van der Waals surface area contributed by atoms with Gasteiger partial charge in [0.15, 0.2) is 0 Å². The molecular formula is C22H23FN4O2. The molecule has 3 aromatic rings. The Kier molecular flexibility index (Phi) is 5.31. The van der Waals surface area contributed by atoms with Crippen LogP contribution in [0.25, 0.3) is 29.4 Å². The van der Waals surface area contributed by atoms with Gasteiger partial charge in [-0.2, -0.15) is 4.68 Å². The lowest BCUT2D eigenvalue weighted by atomic mass is 9.91. The van der Waals surface area contributed by atoms with Crippen LogP contribution < -0.4 is 5.56 Å². The number of nitrogens with one attached hydrogen (secondary N) is 2. The Labute approximate surface area is 167 Å². The first-order chi connectivity index (χ1) is 14.1. The van der Waals surface area contributed by atoms with Crippen LogP contribution in [0.5, 0.6) is 0 Å². The van der Waals surface area contributed by atoms with Crippen LogP contribution in [0.4, 0.5) is 4.39 Å². The van der Waals surface area contributed by atoms with E-state index < -0.39 is 0 Å². The summed E-state index contributed by atoms with van der Waals surface area (Å²) in [7, 11) is 0. The molecule has 0 radical (unpaired) electrons. The van der Waals surface area contributed by atoms with Gasteiger partial charge in [0.25, 0.3) is 5.56 Å². The van der Waals surface area contributed by atoms with Gasteiger partial charge in [-0.05, 0) is 49.5 Å². The average Bonchev–Trinajstić information content (AvgIpc) is 3.30. The third kappa shape index (κ3) is 3.73. The Morgan fingerprint density at radius 3 is 2.72 bits per heavy atom. The molecule has 1 aliphatic rings. The summed E-state index contributed by atoms with van der Waals surface area (Å²) in [5, 5.41) is 3.13. The van der Waals surface area contributed by atoms with Crippen molar-refractivity contribution in [2.24, 2.45) is 5.92 Å². The van der Waals surface area contributed by atoms with Gasteiger partial charge < -0.3 is 9.72 Å². The second-order valence-corrected chi connectivity index (χ2v) is 7.14. The molecule has 0 atom stereocenters. The maximum Gasteiger partial charge on any atom is 0.277 e. The Morgan fingerprint density at radius 1 is 1.28 bits per heavy atom. The number of ether oxygens (including phenoxy) is 1. The maximum absolute atomic E-state index is 13.9. The number of benzene rings is 1. The van der Waals surface area contributed by atoms with Crippen molar-refractivity contribution in [1.82, 2.24) is 19.7 Å². The number of hydrogen-bond acceptors (Lipinski definition) is 3. The Morgan fingerprint density at radius 2 is 2.07 bits per heavy atom. The number of aromatic amines is 2. The van der Waals surface area contributed by atoms with Crippen molar-refractivity contribution >= 4 is 12.2 Å². The number of H-pyrrole nitrogens is 2. The van der Waals surface area contributed by atoms with Gasteiger partial charge in [0.1, 0.15) is 5.82 Å². The quantitative estimate of drug-likeness (QED) is 0.665. The topological polar surface area (TPSA) is 75.7 Å².